The lowest BCUT2D eigenvalue weighted by Crippen LogP contribution is -2.10. The number of rotatable bonds is 6. The fourth-order valence-electron chi connectivity index (χ4n) is 8.26. The number of benzene rings is 9. The topological polar surface area (TPSA) is 29.5 Å². The molecule has 0 fully saturated rings. The average Bonchev–Trinajstić information content (AvgIpc) is 3.84. The number of furan rings is 2. The SMILES string of the molecule is c1ccc(-c2cc(-c3ccccc3)cc(-c3ccc(N(c4cccc5oc6ccccc6c45)c4cccc5oc6c7ccccc7ccc6c45)cc3)c2)cc1. The van der Waals surface area contributed by atoms with Gasteiger partial charge in [-0.1, -0.05) is 133 Å². The normalized spacial score (nSPS) is 11.6. The Bertz CT molecular complexity index is 3140. The minimum Gasteiger partial charge on any atom is -0.456 e. The van der Waals surface area contributed by atoms with Gasteiger partial charge in [0.25, 0.3) is 0 Å². The van der Waals surface area contributed by atoms with Crippen molar-refractivity contribution in [3.05, 3.63) is 200 Å². The molecule has 3 nitrogen and oxygen atoms in total. The van der Waals surface area contributed by atoms with Crippen molar-refractivity contribution in [2.75, 3.05) is 4.90 Å². The molecule has 2 aromatic heterocycles. The molecule has 9 aromatic carbocycles. The molecule has 0 spiro atoms. The van der Waals surface area contributed by atoms with Crippen LogP contribution in [0.15, 0.2) is 209 Å². The zero-order valence-corrected chi connectivity index (χ0v) is 29.8. The molecule has 0 atom stereocenters. The van der Waals surface area contributed by atoms with Gasteiger partial charge < -0.3 is 13.7 Å². The third kappa shape index (κ3) is 5.20. The molecule has 0 unspecified atom stereocenters. The first-order valence-electron chi connectivity index (χ1n) is 18.7. The lowest BCUT2D eigenvalue weighted by molar-refractivity contribution is 0.669. The van der Waals surface area contributed by atoms with E-state index in [1.807, 2.05) is 12.1 Å². The Balaban J connectivity index is 1.13. The first-order chi connectivity index (χ1) is 27.3. The lowest BCUT2D eigenvalue weighted by atomic mass is 9.93. The molecule has 0 radical (unpaired) electrons. The number of para-hydroxylation sites is 1. The van der Waals surface area contributed by atoms with Crippen molar-refractivity contribution >= 4 is 71.7 Å². The Kier molecular flexibility index (Phi) is 7.17. The predicted octanol–water partition coefficient (Wildman–Crippen LogP) is 15.1. The first-order valence-corrected chi connectivity index (χ1v) is 18.7. The van der Waals surface area contributed by atoms with Gasteiger partial charge in [-0.05, 0) is 105 Å². The molecule has 0 bridgehead atoms. The molecule has 0 aliphatic heterocycles. The monoisotopic (exact) mass is 703 g/mol. The van der Waals surface area contributed by atoms with Crippen LogP contribution in [-0.4, -0.2) is 0 Å². The number of hydrogen-bond donors (Lipinski definition) is 0. The van der Waals surface area contributed by atoms with Crippen molar-refractivity contribution in [2.24, 2.45) is 0 Å². The molecular weight excluding hydrogens is 671 g/mol. The maximum absolute atomic E-state index is 6.70. The summed E-state index contributed by atoms with van der Waals surface area (Å²) in [6, 6.07) is 71.0. The van der Waals surface area contributed by atoms with Crippen molar-refractivity contribution in [1.29, 1.82) is 0 Å². The van der Waals surface area contributed by atoms with Crippen LogP contribution in [0.4, 0.5) is 17.1 Å². The van der Waals surface area contributed by atoms with Crippen molar-refractivity contribution in [3.63, 3.8) is 0 Å². The van der Waals surface area contributed by atoms with E-state index in [1.165, 1.54) is 22.3 Å². The molecule has 0 amide bonds. The van der Waals surface area contributed by atoms with E-state index in [1.54, 1.807) is 0 Å². The van der Waals surface area contributed by atoms with E-state index in [9.17, 15) is 0 Å². The van der Waals surface area contributed by atoms with E-state index in [-0.39, 0.29) is 0 Å². The molecule has 258 valence electrons. The highest BCUT2D eigenvalue weighted by Crippen LogP contribution is 2.48. The van der Waals surface area contributed by atoms with Crippen molar-refractivity contribution in [1.82, 2.24) is 0 Å². The maximum atomic E-state index is 6.70. The molecule has 55 heavy (non-hydrogen) atoms. The van der Waals surface area contributed by atoms with Crippen LogP contribution in [0.3, 0.4) is 0 Å². The second-order valence-electron chi connectivity index (χ2n) is 14.1. The maximum Gasteiger partial charge on any atom is 0.143 e. The van der Waals surface area contributed by atoms with Crippen LogP contribution in [-0.2, 0) is 0 Å². The quantitative estimate of drug-likeness (QED) is 0.173. The van der Waals surface area contributed by atoms with Crippen molar-refractivity contribution in [2.45, 2.75) is 0 Å². The summed E-state index contributed by atoms with van der Waals surface area (Å²) in [5.41, 5.74) is 13.6. The summed E-state index contributed by atoms with van der Waals surface area (Å²) in [6.07, 6.45) is 0. The van der Waals surface area contributed by atoms with E-state index < -0.39 is 0 Å². The van der Waals surface area contributed by atoms with Gasteiger partial charge in [0.2, 0.25) is 0 Å². The molecular formula is C52H33NO2. The molecule has 0 aliphatic rings. The summed E-state index contributed by atoms with van der Waals surface area (Å²) in [5, 5.41) is 6.57. The van der Waals surface area contributed by atoms with Gasteiger partial charge in [-0.3, -0.25) is 0 Å². The molecule has 0 saturated carbocycles. The second-order valence-corrected chi connectivity index (χ2v) is 14.1. The summed E-state index contributed by atoms with van der Waals surface area (Å²) in [4.78, 5) is 2.37. The lowest BCUT2D eigenvalue weighted by Gasteiger charge is -2.27. The summed E-state index contributed by atoms with van der Waals surface area (Å²) >= 11 is 0. The van der Waals surface area contributed by atoms with Crippen LogP contribution in [0.5, 0.6) is 0 Å². The largest absolute Gasteiger partial charge is 0.456 e. The van der Waals surface area contributed by atoms with E-state index in [0.29, 0.717) is 0 Å². The van der Waals surface area contributed by atoms with Crippen LogP contribution in [0.2, 0.25) is 0 Å². The highest BCUT2D eigenvalue weighted by Gasteiger charge is 2.23. The van der Waals surface area contributed by atoms with Crippen LogP contribution < -0.4 is 4.90 Å². The van der Waals surface area contributed by atoms with Gasteiger partial charge >= 0.3 is 0 Å². The van der Waals surface area contributed by atoms with E-state index in [0.717, 1.165) is 82.8 Å². The third-order valence-electron chi connectivity index (χ3n) is 10.8. The van der Waals surface area contributed by atoms with Gasteiger partial charge in [0, 0.05) is 21.8 Å². The summed E-state index contributed by atoms with van der Waals surface area (Å²) in [5.74, 6) is 0. The number of fused-ring (bicyclic) bond motifs is 8. The van der Waals surface area contributed by atoms with Crippen LogP contribution in [0, 0.1) is 0 Å². The standard InChI is InChI=1S/C52H33NO2/c1-3-13-34(14-4-1)38-31-39(35-15-5-2-6-16-35)33-40(32-38)36-25-28-41(29-26-36)53(45-20-11-23-48-50(45)43-19-9-10-22-47(43)54-48)46-21-12-24-49-51(46)44-30-27-37-17-7-8-18-42(37)52(44)55-49/h1-33H. The minimum atomic E-state index is 0.848. The smallest absolute Gasteiger partial charge is 0.143 e. The summed E-state index contributed by atoms with van der Waals surface area (Å²) in [7, 11) is 0. The van der Waals surface area contributed by atoms with Gasteiger partial charge in [0.15, 0.2) is 0 Å². The molecule has 2 heterocycles. The van der Waals surface area contributed by atoms with Crippen LogP contribution in [0.1, 0.15) is 0 Å². The number of hydrogen-bond acceptors (Lipinski definition) is 3. The van der Waals surface area contributed by atoms with E-state index in [4.69, 9.17) is 8.83 Å². The molecule has 0 saturated heterocycles. The van der Waals surface area contributed by atoms with Gasteiger partial charge in [-0.2, -0.15) is 0 Å². The van der Waals surface area contributed by atoms with E-state index in [2.05, 4.69) is 193 Å². The van der Waals surface area contributed by atoms with Gasteiger partial charge in [-0.15, -0.1) is 0 Å². The number of anilines is 3. The fraction of sp³-hybridized carbons (Fsp3) is 0. The minimum absolute atomic E-state index is 0.848. The van der Waals surface area contributed by atoms with Gasteiger partial charge in [0.1, 0.15) is 22.3 Å². The van der Waals surface area contributed by atoms with Crippen LogP contribution in [0.25, 0.3) is 88.0 Å². The van der Waals surface area contributed by atoms with Crippen molar-refractivity contribution in [3.8, 4) is 33.4 Å². The highest BCUT2D eigenvalue weighted by atomic mass is 16.3. The predicted molar refractivity (Wildman–Crippen MR) is 229 cm³/mol. The zero-order valence-electron chi connectivity index (χ0n) is 29.8. The van der Waals surface area contributed by atoms with Gasteiger partial charge in [-0.25, -0.2) is 0 Å². The number of nitrogens with zero attached hydrogens (tertiary/aromatic N) is 1. The van der Waals surface area contributed by atoms with E-state index >= 15 is 0 Å². The zero-order chi connectivity index (χ0) is 36.3. The molecule has 3 heteroatoms. The fourth-order valence-corrected chi connectivity index (χ4v) is 8.26. The Morgan fingerprint density at radius 3 is 1.47 bits per heavy atom. The average molecular weight is 704 g/mol. The Morgan fingerprint density at radius 2 is 0.818 bits per heavy atom. The third-order valence-corrected chi connectivity index (χ3v) is 10.8. The summed E-state index contributed by atoms with van der Waals surface area (Å²) in [6.45, 7) is 0. The van der Waals surface area contributed by atoms with Gasteiger partial charge in [0.05, 0.1) is 22.1 Å². The highest BCUT2D eigenvalue weighted by molar-refractivity contribution is 6.21. The molecule has 0 aliphatic carbocycles. The summed E-state index contributed by atoms with van der Waals surface area (Å²) < 4.78 is 13.1. The second kappa shape index (κ2) is 12.6. The van der Waals surface area contributed by atoms with Crippen LogP contribution >= 0.6 is 0 Å². The molecule has 0 N–H and O–H groups in total. The first kappa shape index (κ1) is 31.2. The Labute approximate surface area is 317 Å². The Morgan fingerprint density at radius 1 is 0.309 bits per heavy atom. The molecule has 11 aromatic rings. The molecule has 11 rings (SSSR count). The van der Waals surface area contributed by atoms with Crippen molar-refractivity contribution < 1.29 is 8.83 Å². The Hall–Kier alpha value is -7.36.